The number of amides is 1. The summed E-state index contributed by atoms with van der Waals surface area (Å²) in [5.74, 6) is 1.08. The Morgan fingerprint density at radius 1 is 1.41 bits per heavy atom. The topological polar surface area (TPSA) is 66.8 Å². The van der Waals surface area contributed by atoms with Gasteiger partial charge < -0.3 is 14.5 Å². The van der Waals surface area contributed by atoms with Crippen LogP contribution in [0, 0.1) is 0 Å². The van der Waals surface area contributed by atoms with Crippen LogP contribution >= 0.6 is 11.6 Å². The Bertz CT molecular complexity index is 868. The molecule has 3 heterocycles. The molecule has 22 heavy (non-hydrogen) atoms. The molecule has 1 atom stereocenters. The van der Waals surface area contributed by atoms with Gasteiger partial charge in [0.1, 0.15) is 5.82 Å². The number of carbonyl (C=O) groups excluding carboxylic acids is 1. The summed E-state index contributed by atoms with van der Waals surface area (Å²) in [4.78, 5) is 26.3. The molecule has 0 spiro atoms. The summed E-state index contributed by atoms with van der Waals surface area (Å²) in [6, 6.07) is 5.34. The second kappa shape index (κ2) is 4.84. The molecule has 7 heteroatoms. The molecule has 4 rings (SSSR count). The fourth-order valence-electron chi connectivity index (χ4n) is 2.94. The molecule has 6 nitrogen and oxygen atoms in total. The molecule has 1 aliphatic heterocycles. The van der Waals surface area contributed by atoms with Crippen molar-refractivity contribution in [2.24, 2.45) is 0 Å². The lowest BCUT2D eigenvalue weighted by molar-refractivity contribution is 0.0626. The Balaban J connectivity index is 1.70. The maximum absolute atomic E-state index is 12.8. The average Bonchev–Trinajstić information content (AvgIpc) is 3.14. The minimum absolute atomic E-state index is 0.0834. The van der Waals surface area contributed by atoms with Crippen molar-refractivity contribution < 1.29 is 4.79 Å². The highest BCUT2D eigenvalue weighted by Crippen LogP contribution is 2.26. The van der Waals surface area contributed by atoms with Crippen molar-refractivity contribution in [2.75, 3.05) is 6.54 Å². The number of para-hydroxylation sites is 1. The molecule has 0 saturated heterocycles. The minimum atomic E-state index is -0.131. The van der Waals surface area contributed by atoms with E-state index >= 15 is 0 Å². The summed E-state index contributed by atoms with van der Waals surface area (Å²) in [6.45, 7) is 3.35. The first-order valence-electron chi connectivity index (χ1n) is 7.11. The predicted molar refractivity (Wildman–Crippen MR) is 82.8 cm³/mol. The van der Waals surface area contributed by atoms with Gasteiger partial charge in [0, 0.05) is 25.5 Å². The largest absolute Gasteiger partial charge is 0.333 e. The van der Waals surface area contributed by atoms with Crippen LogP contribution in [-0.2, 0) is 6.54 Å². The molecule has 0 saturated carbocycles. The normalized spacial score (nSPS) is 17.7. The molecule has 1 aliphatic rings. The fourth-order valence-corrected chi connectivity index (χ4v) is 3.15. The van der Waals surface area contributed by atoms with Crippen molar-refractivity contribution in [1.29, 1.82) is 0 Å². The zero-order chi connectivity index (χ0) is 15.3. The molecule has 0 aliphatic carbocycles. The summed E-state index contributed by atoms with van der Waals surface area (Å²) in [5, 5.41) is 0.561. The Hall–Kier alpha value is -2.34. The van der Waals surface area contributed by atoms with Gasteiger partial charge >= 0.3 is 0 Å². The molecular weight excluding hydrogens is 302 g/mol. The number of aromatic amines is 1. The number of hydrogen-bond donors (Lipinski definition) is 1. The smallest absolute Gasteiger partial charge is 0.290 e. The molecule has 0 radical (unpaired) electrons. The number of halogens is 1. The zero-order valence-electron chi connectivity index (χ0n) is 12.0. The van der Waals surface area contributed by atoms with E-state index in [4.69, 9.17) is 11.6 Å². The van der Waals surface area contributed by atoms with E-state index in [1.807, 2.05) is 25.3 Å². The van der Waals surface area contributed by atoms with Gasteiger partial charge in [0.05, 0.1) is 22.1 Å². The number of benzene rings is 1. The van der Waals surface area contributed by atoms with Crippen LogP contribution in [0.1, 0.15) is 29.4 Å². The molecule has 112 valence electrons. The van der Waals surface area contributed by atoms with Crippen LogP contribution in [0.25, 0.3) is 11.0 Å². The van der Waals surface area contributed by atoms with Crippen molar-refractivity contribution in [1.82, 2.24) is 24.4 Å². The van der Waals surface area contributed by atoms with Gasteiger partial charge in [0.2, 0.25) is 0 Å². The molecule has 3 aromatic rings. The first-order valence-corrected chi connectivity index (χ1v) is 7.49. The summed E-state index contributed by atoms with van der Waals surface area (Å²) >= 11 is 6.13. The fraction of sp³-hybridized carbons (Fsp3) is 0.267. The number of hydrogen-bond acceptors (Lipinski definition) is 3. The third-order valence-electron chi connectivity index (χ3n) is 4.10. The molecule has 1 aromatic carbocycles. The van der Waals surface area contributed by atoms with Crippen LogP contribution in [0.5, 0.6) is 0 Å². The second-order valence-corrected chi connectivity index (χ2v) is 5.78. The third kappa shape index (κ3) is 1.91. The number of imidazole rings is 2. The number of carbonyl (C=O) groups is 1. The summed E-state index contributed by atoms with van der Waals surface area (Å²) in [7, 11) is 0. The number of H-pyrrole nitrogens is 1. The number of nitrogens with zero attached hydrogens (tertiary/aromatic N) is 4. The average molecular weight is 316 g/mol. The van der Waals surface area contributed by atoms with Gasteiger partial charge in [-0.1, -0.05) is 17.7 Å². The van der Waals surface area contributed by atoms with Crippen molar-refractivity contribution in [2.45, 2.75) is 19.5 Å². The predicted octanol–water partition coefficient (Wildman–Crippen LogP) is 2.63. The van der Waals surface area contributed by atoms with E-state index in [0.717, 1.165) is 12.4 Å². The Morgan fingerprint density at radius 2 is 2.27 bits per heavy atom. The van der Waals surface area contributed by atoms with E-state index in [9.17, 15) is 4.79 Å². The lowest BCUT2D eigenvalue weighted by Crippen LogP contribution is -2.41. The molecule has 2 aromatic heterocycles. The van der Waals surface area contributed by atoms with Gasteiger partial charge in [-0.25, -0.2) is 9.97 Å². The van der Waals surface area contributed by atoms with E-state index < -0.39 is 0 Å². The van der Waals surface area contributed by atoms with Crippen LogP contribution in [0.2, 0.25) is 5.02 Å². The van der Waals surface area contributed by atoms with Crippen molar-refractivity contribution in [3.8, 4) is 0 Å². The van der Waals surface area contributed by atoms with E-state index in [1.165, 1.54) is 0 Å². The first-order chi connectivity index (χ1) is 10.6. The Kier molecular flexibility index (Phi) is 2.94. The van der Waals surface area contributed by atoms with Gasteiger partial charge in [-0.3, -0.25) is 4.79 Å². The number of aromatic nitrogens is 4. The maximum Gasteiger partial charge on any atom is 0.290 e. The SMILES string of the molecule is CC1c2nccn2CCN1C(=O)c1nc2cccc(Cl)c2[nH]1. The summed E-state index contributed by atoms with van der Waals surface area (Å²) < 4.78 is 2.07. The van der Waals surface area contributed by atoms with Gasteiger partial charge in [-0.2, -0.15) is 0 Å². The Labute approximate surface area is 131 Å². The van der Waals surface area contributed by atoms with E-state index in [1.54, 1.807) is 17.2 Å². The summed E-state index contributed by atoms with van der Waals surface area (Å²) in [5.41, 5.74) is 1.39. The molecule has 1 amide bonds. The molecule has 0 fully saturated rings. The highest BCUT2D eigenvalue weighted by molar-refractivity contribution is 6.35. The monoisotopic (exact) mass is 315 g/mol. The van der Waals surface area contributed by atoms with Gasteiger partial charge in [0.25, 0.3) is 5.91 Å². The van der Waals surface area contributed by atoms with E-state index in [-0.39, 0.29) is 11.9 Å². The van der Waals surface area contributed by atoms with Gasteiger partial charge in [-0.05, 0) is 19.1 Å². The molecular formula is C15H14ClN5O. The molecule has 1 unspecified atom stereocenters. The quantitative estimate of drug-likeness (QED) is 0.750. The highest BCUT2D eigenvalue weighted by Gasteiger charge is 2.30. The van der Waals surface area contributed by atoms with Gasteiger partial charge in [-0.15, -0.1) is 0 Å². The zero-order valence-corrected chi connectivity index (χ0v) is 12.7. The first kappa shape index (κ1) is 13.3. The van der Waals surface area contributed by atoms with Crippen molar-refractivity contribution >= 4 is 28.5 Å². The van der Waals surface area contributed by atoms with Crippen molar-refractivity contribution in [3.05, 3.63) is 47.3 Å². The minimum Gasteiger partial charge on any atom is -0.333 e. The maximum atomic E-state index is 12.8. The standard InChI is InChI=1S/C15H14ClN5O/c1-9-14-17-5-6-20(14)7-8-21(9)15(22)13-18-11-4-2-3-10(16)12(11)19-13/h2-6,9H,7-8H2,1H3,(H,18,19). The molecule has 1 N–H and O–H groups in total. The number of rotatable bonds is 1. The third-order valence-corrected chi connectivity index (χ3v) is 4.42. The van der Waals surface area contributed by atoms with E-state index in [2.05, 4.69) is 19.5 Å². The van der Waals surface area contributed by atoms with Crippen LogP contribution in [0.15, 0.2) is 30.6 Å². The van der Waals surface area contributed by atoms with Crippen LogP contribution in [0.3, 0.4) is 0 Å². The van der Waals surface area contributed by atoms with Gasteiger partial charge in [0.15, 0.2) is 5.82 Å². The van der Waals surface area contributed by atoms with E-state index in [0.29, 0.717) is 28.4 Å². The highest BCUT2D eigenvalue weighted by atomic mass is 35.5. The lowest BCUT2D eigenvalue weighted by Gasteiger charge is -2.33. The summed E-state index contributed by atoms with van der Waals surface area (Å²) in [6.07, 6.45) is 3.70. The van der Waals surface area contributed by atoms with Crippen molar-refractivity contribution in [3.63, 3.8) is 0 Å². The second-order valence-electron chi connectivity index (χ2n) is 5.37. The Morgan fingerprint density at radius 3 is 3.09 bits per heavy atom. The number of fused-ring (bicyclic) bond motifs is 2. The van der Waals surface area contributed by atoms with Crippen LogP contribution in [-0.4, -0.2) is 36.9 Å². The van der Waals surface area contributed by atoms with Crippen LogP contribution < -0.4 is 0 Å². The number of nitrogens with one attached hydrogen (secondary N) is 1. The molecule has 0 bridgehead atoms. The van der Waals surface area contributed by atoms with Crippen LogP contribution in [0.4, 0.5) is 0 Å². The lowest BCUT2D eigenvalue weighted by atomic mass is 10.2.